The number of carbonyl (C=O) groups is 1. The lowest BCUT2D eigenvalue weighted by Gasteiger charge is -2.31. The van der Waals surface area contributed by atoms with Gasteiger partial charge in [-0.3, -0.25) is 4.79 Å². The molecular formula is C16H22Br2N2O3S. The van der Waals surface area contributed by atoms with Crippen molar-refractivity contribution in [1.82, 2.24) is 9.62 Å². The van der Waals surface area contributed by atoms with Gasteiger partial charge in [-0.2, -0.15) is 4.31 Å². The first-order valence-electron chi connectivity index (χ1n) is 8.01. The molecular weight excluding hydrogens is 460 g/mol. The molecule has 1 aliphatic heterocycles. The number of carbonyl (C=O) groups excluding carboxylic acids is 1. The Hall–Kier alpha value is -0.440. The van der Waals surface area contributed by atoms with E-state index in [2.05, 4.69) is 37.2 Å². The zero-order chi connectivity index (χ0) is 17.9. The van der Waals surface area contributed by atoms with Gasteiger partial charge in [0.15, 0.2) is 0 Å². The molecule has 1 unspecified atom stereocenters. The maximum Gasteiger partial charge on any atom is 0.244 e. The molecule has 1 aliphatic rings. The van der Waals surface area contributed by atoms with Crippen molar-refractivity contribution in [3.05, 3.63) is 27.1 Å². The number of rotatable bonds is 5. The van der Waals surface area contributed by atoms with Crippen molar-refractivity contribution >= 4 is 47.8 Å². The number of amides is 1. The van der Waals surface area contributed by atoms with E-state index in [-0.39, 0.29) is 22.8 Å². The SMILES string of the molecule is CCC(C)NC(=O)C1CCN(S(=O)(=O)c2cc(Br)ccc2Br)CC1. The summed E-state index contributed by atoms with van der Waals surface area (Å²) in [5.41, 5.74) is 0. The summed E-state index contributed by atoms with van der Waals surface area (Å²) in [5.74, 6) is -0.0820. The summed E-state index contributed by atoms with van der Waals surface area (Å²) in [6.07, 6.45) is 1.98. The van der Waals surface area contributed by atoms with Gasteiger partial charge in [0.25, 0.3) is 0 Å². The first-order chi connectivity index (χ1) is 11.3. The minimum absolute atomic E-state index is 0.0324. The standard InChI is InChI=1S/C16H22Br2N2O3S/c1-3-11(2)19-16(21)12-6-8-20(9-7-12)24(22,23)15-10-13(17)4-5-14(15)18/h4-5,10-12H,3,6-9H2,1-2H3,(H,19,21). The quantitative estimate of drug-likeness (QED) is 0.699. The number of nitrogens with one attached hydrogen (secondary N) is 1. The van der Waals surface area contributed by atoms with E-state index in [0.29, 0.717) is 34.9 Å². The lowest BCUT2D eigenvalue weighted by atomic mass is 9.97. The van der Waals surface area contributed by atoms with Crippen LogP contribution in [0.4, 0.5) is 0 Å². The molecule has 0 aliphatic carbocycles. The number of benzene rings is 1. The molecule has 134 valence electrons. The van der Waals surface area contributed by atoms with Crippen molar-refractivity contribution in [2.24, 2.45) is 5.92 Å². The summed E-state index contributed by atoms with van der Waals surface area (Å²) in [7, 11) is -3.57. The van der Waals surface area contributed by atoms with Crippen LogP contribution in [0.15, 0.2) is 32.0 Å². The minimum Gasteiger partial charge on any atom is -0.353 e. The second-order valence-corrected chi connectivity index (χ2v) is 9.75. The normalized spacial score (nSPS) is 18.3. The summed E-state index contributed by atoms with van der Waals surface area (Å²) in [6, 6.07) is 5.25. The van der Waals surface area contributed by atoms with E-state index in [9.17, 15) is 13.2 Å². The number of sulfonamides is 1. The topological polar surface area (TPSA) is 66.5 Å². The first-order valence-corrected chi connectivity index (χ1v) is 11.0. The monoisotopic (exact) mass is 480 g/mol. The van der Waals surface area contributed by atoms with Gasteiger partial charge >= 0.3 is 0 Å². The number of hydrogen-bond donors (Lipinski definition) is 1. The van der Waals surface area contributed by atoms with Gasteiger partial charge in [0.05, 0.1) is 4.90 Å². The van der Waals surface area contributed by atoms with Crippen molar-refractivity contribution in [3.8, 4) is 0 Å². The van der Waals surface area contributed by atoms with Crippen molar-refractivity contribution in [1.29, 1.82) is 0 Å². The highest BCUT2D eigenvalue weighted by Crippen LogP contribution is 2.30. The molecule has 8 heteroatoms. The van der Waals surface area contributed by atoms with Crippen molar-refractivity contribution in [3.63, 3.8) is 0 Å². The number of nitrogens with zero attached hydrogens (tertiary/aromatic N) is 1. The lowest BCUT2D eigenvalue weighted by molar-refractivity contribution is -0.126. The number of piperidine rings is 1. The second-order valence-electron chi connectivity index (χ2n) is 6.07. The predicted octanol–water partition coefficient (Wildman–Crippen LogP) is 3.53. The molecule has 1 N–H and O–H groups in total. The Morgan fingerprint density at radius 3 is 2.54 bits per heavy atom. The molecule has 24 heavy (non-hydrogen) atoms. The summed E-state index contributed by atoms with van der Waals surface area (Å²) in [6.45, 7) is 4.72. The molecule has 0 saturated carbocycles. The molecule has 1 fully saturated rings. The van der Waals surface area contributed by atoms with E-state index in [0.717, 1.165) is 6.42 Å². The van der Waals surface area contributed by atoms with Crippen molar-refractivity contribution in [2.45, 2.75) is 44.0 Å². The first kappa shape index (κ1) is 19.9. The Balaban J connectivity index is 2.06. The summed E-state index contributed by atoms with van der Waals surface area (Å²) < 4.78 is 28.4. The van der Waals surface area contributed by atoms with Gasteiger partial charge in [0, 0.05) is 34.0 Å². The summed E-state index contributed by atoms with van der Waals surface area (Å²) in [5, 5.41) is 2.98. The van der Waals surface area contributed by atoms with Crippen LogP contribution in [0.3, 0.4) is 0 Å². The van der Waals surface area contributed by atoms with Crippen LogP contribution in [0.2, 0.25) is 0 Å². The molecule has 0 aromatic heterocycles. The Morgan fingerprint density at radius 2 is 1.96 bits per heavy atom. The molecule has 0 bridgehead atoms. The van der Waals surface area contributed by atoms with Gasteiger partial charge in [-0.15, -0.1) is 0 Å². The van der Waals surface area contributed by atoms with E-state index < -0.39 is 10.0 Å². The Bertz CT molecular complexity index is 701. The van der Waals surface area contributed by atoms with Crippen LogP contribution in [0.25, 0.3) is 0 Å². The largest absolute Gasteiger partial charge is 0.353 e. The smallest absolute Gasteiger partial charge is 0.244 e. The molecule has 1 atom stereocenters. The Labute approximate surface area is 160 Å². The second kappa shape index (κ2) is 8.29. The van der Waals surface area contributed by atoms with Crippen molar-refractivity contribution in [2.75, 3.05) is 13.1 Å². The molecule has 1 amide bonds. The van der Waals surface area contributed by atoms with Gasteiger partial charge in [0.1, 0.15) is 0 Å². The highest BCUT2D eigenvalue weighted by atomic mass is 79.9. The fourth-order valence-electron chi connectivity index (χ4n) is 2.64. The van der Waals surface area contributed by atoms with E-state index in [1.165, 1.54) is 4.31 Å². The lowest BCUT2D eigenvalue weighted by Crippen LogP contribution is -2.44. The highest BCUT2D eigenvalue weighted by Gasteiger charge is 2.33. The van der Waals surface area contributed by atoms with E-state index in [4.69, 9.17) is 0 Å². The molecule has 1 aromatic carbocycles. The molecule has 1 aromatic rings. The molecule has 0 radical (unpaired) electrons. The molecule has 1 saturated heterocycles. The van der Waals surface area contributed by atoms with E-state index >= 15 is 0 Å². The maximum absolute atomic E-state index is 12.8. The van der Waals surface area contributed by atoms with Crippen LogP contribution in [-0.4, -0.2) is 37.8 Å². The van der Waals surface area contributed by atoms with Gasteiger partial charge < -0.3 is 5.32 Å². The predicted molar refractivity (Wildman–Crippen MR) is 101 cm³/mol. The van der Waals surface area contributed by atoms with Gasteiger partial charge in [-0.05, 0) is 60.3 Å². The Kier molecular flexibility index (Phi) is 6.87. The van der Waals surface area contributed by atoms with Crippen LogP contribution in [0.5, 0.6) is 0 Å². The average Bonchev–Trinajstić information content (AvgIpc) is 2.56. The third-order valence-electron chi connectivity index (χ3n) is 4.34. The number of hydrogen-bond acceptors (Lipinski definition) is 3. The zero-order valence-electron chi connectivity index (χ0n) is 13.8. The molecule has 2 rings (SSSR count). The fraction of sp³-hybridized carbons (Fsp3) is 0.562. The Morgan fingerprint density at radius 1 is 1.33 bits per heavy atom. The minimum atomic E-state index is -3.57. The third-order valence-corrected chi connectivity index (χ3v) is 7.72. The fourth-order valence-corrected chi connectivity index (χ4v) is 5.57. The molecule has 0 spiro atoms. The zero-order valence-corrected chi connectivity index (χ0v) is 17.7. The summed E-state index contributed by atoms with van der Waals surface area (Å²) >= 11 is 6.63. The van der Waals surface area contributed by atoms with Gasteiger partial charge in [-0.25, -0.2) is 8.42 Å². The van der Waals surface area contributed by atoms with Crippen LogP contribution in [-0.2, 0) is 14.8 Å². The van der Waals surface area contributed by atoms with Crippen LogP contribution in [0.1, 0.15) is 33.1 Å². The van der Waals surface area contributed by atoms with Gasteiger partial charge in [0.2, 0.25) is 15.9 Å². The van der Waals surface area contributed by atoms with Crippen LogP contribution >= 0.6 is 31.9 Å². The number of halogens is 2. The van der Waals surface area contributed by atoms with Crippen molar-refractivity contribution < 1.29 is 13.2 Å². The highest BCUT2D eigenvalue weighted by molar-refractivity contribution is 9.11. The van der Waals surface area contributed by atoms with Crippen LogP contribution < -0.4 is 5.32 Å². The maximum atomic E-state index is 12.8. The van der Waals surface area contributed by atoms with E-state index in [1.807, 2.05) is 13.8 Å². The summed E-state index contributed by atoms with van der Waals surface area (Å²) in [4.78, 5) is 12.4. The molecule has 5 nitrogen and oxygen atoms in total. The third kappa shape index (κ3) is 4.59. The van der Waals surface area contributed by atoms with Crippen LogP contribution in [0, 0.1) is 5.92 Å². The average molecular weight is 482 g/mol. The van der Waals surface area contributed by atoms with E-state index in [1.54, 1.807) is 18.2 Å². The molecule has 1 heterocycles. The van der Waals surface area contributed by atoms with Gasteiger partial charge in [-0.1, -0.05) is 22.9 Å².